The SMILES string of the molecule is CCO[C@@H]1C[C@@](CO)(NC(=O)c2ccc(COC)o2)C1(C)C. The van der Waals surface area contributed by atoms with E-state index < -0.39 is 5.54 Å². The topological polar surface area (TPSA) is 80.9 Å². The summed E-state index contributed by atoms with van der Waals surface area (Å²) < 4.78 is 16.1. The Morgan fingerprint density at radius 2 is 2.23 bits per heavy atom. The first-order valence-corrected chi connectivity index (χ1v) is 7.53. The van der Waals surface area contributed by atoms with Crippen LogP contribution in [0.3, 0.4) is 0 Å². The Hall–Kier alpha value is -1.37. The van der Waals surface area contributed by atoms with Gasteiger partial charge in [-0.3, -0.25) is 4.79 Å². The summed E-state index contributed by atoms with van der Waals surface area (Å²) in [6.45, 7) is 6.71. The molecule has 0 bridgehead atoms. The lowest BCUT2D eigenvalue weighted by molar-refractivity contribution is -0.172. The molecule has 2 N–H and O–H groups in total. The number of nitrogens with one attached hydrogen (secondary N) is 1. The van der Waals surface area contributed by atoms with Crippen LogP contribution in [0, 0.1) is 5.41 Å². The van der Waals surface area contributed by atoms with E-state index >= 15 is 0 Å². The van der Waals surface area contributed by atoms with E-state index in [-0.39, 0.29) is 29.8 Å². The Kier molecular flexibility index (Phi) is 4.94. The molecule has 1 heterocycles. The molecule has 1 aliphatic rings. The molecular formula is C16H25NO5. The quantitative estimate of drug-likeness (QED) is 0.801. The molecule has 1 aromatic rings. The van der Waals surface area contributed by atoms with E-state index in [0.29, 0.717) is 25.4 Å². The number of furan rings is 1. The summed E-state index contributed by atoms with van der Waals surface area (Å²) in [5, 5.41) is 12.7. The zero-order chi connectivity index (χ0) is 16.4. The number of hydrogen-bond donors (Lipinski definition) is 2. The molecule has 6 heteroatoms. The van der Waals surface area contributed by atoms with Crippen molar-refractivity contribution in [2.45, 2.75) is 45.4 Å². The van der Waals surface area contributed by atoms with Gasteiger partial charge in [0.25, 0.3) is 5.91 Å². The van der Waals surface area contributed by atoms with Crippen LogP contribution >= 0.6 is 0 Å². The van der Waals surface area contributed by atoms with Gasteiger partial charge in [0.15, 0.2) is 5.76 Å². The van der Waals surface area contributed by atoms with Crippen molar-refractivity contribution in [2.75, 3.05) is 20.3 Å². The van der Waals surface area contributed by atoms with Crippen LogP contribution in [0.1, 0.15) is 43.5 Å². The number of hydrogen-bond acceptors (Lipinski definition) is 5. The Bertz CT molecular complexity index is 524. The largest absolute Gasteiger partial charge is 0.453 e. The third-order valence-corrected chi connectivity index (χ3v) is 4.73. The Labute approximate surface area is 130 Å². The maximum absolute atomic E-state index is 12.4. The minimum atomic E-state index is -0.696. The van der Waals surface area contributed by atoms with Gasteiger partial charge in [0.05, 0.1) is 18.2 Å². The highest BCUT2D eigenvalue weighted by atomic mass is 16.5. The Morgan fingerprint density at radius 1 is 1.50 bits per heavy atom. The predicted octanol–water partition coefficient (Wildman–Crippen LogP) is 1.72. The second kappa shape index (κ2) is 6.40. The molecular weight excluding hydrogens is 286 g/mol. The molecule has 0 aromatic carbocycles. The Morgan fingerprint density at radius 3 is 2.77 bits per heavy atom. The molecule has 22 heavy (non-hydrogen) atoms. The van der Waals surface area contributed by atoms with E-state index in [4.69, 9.17) is 13.9 Å². The van der Waals surface area contributed by atoms with Gasteiger partial charge in [-0.05, 0) is 19.1 Å². The van der Waals surface area contributed by atoms with Crippen LogP contribution in [0.4, 0.5) is 0 Å². The van der Waals surface area contributed by atoms with Crippen LogP contribution in [-0.4, -0.2) is 43.0 Å². The summed E-state index contributed by atoms with van der Waals surface area (Å²) in [6, 6.07) is 3.32. The average Bonchev–Trinajstić information content (AvgIpc) is 2.94. The van der Waals surface area contributed by atoms with Gasteiger partial charge >= 0.3 is 0 Å². The lowest BCUT2D eigenvalue weighted by atomic mass is 9.54. The molecule has 2 atom stereocenters. The lowest BCUT2D eigenvalue weighted by Crippen LogP contribution is -2.74. The normalized spacial score (nSPS) is 26.5. The number of aliphatic hydroxyl groups excluding tert-OH is 1. The maximum atomic E-state index is 12.4. The molecule has 1 saturated carbocycles. The van der Waals surface area contributed by atoms with Crippen molar-refractivity contribution in [1.82, 2.24) is 5.32 Å². The van der Waals surface area contributed by atoms with E-state index in [0.717, 1.165) is 0 Å². The number of aliphatic hydroxyl groups is 1. The van der Waals surface area contributed by atoms with Crippen molar-refractivity contribution in [3.05, 3.63) is 23.7 Å². The summed E-state index contributed by atoms with van der Waals surface area (Å²) in [5.41, 5.74) is -1.05. The zero-order valence-corrected chi connectivity index (χ0v) is 13.6. The smallest absolute Gasteiger partial charge is 0.287 e. The van der Waals surface area contributed by atoms with Crippen molar-refractivity contribution in [2.24, 2.45) is 5.41 Å². The van der Waals surface area contributed by atoms with E-state index in [9.17, 15) is 9.90 Å². The van der Waals surface area contributed by atoms with Crippen LogP contribution in [0.25, 0.3) is 0 Å². The van der Waals surface area contributed by atoms with Crippen LogP contribution in [0.2, 0.25) is 0 Å². The van der Waals surface area contributed by atoms with Crippen molar-refractivity contribution in [1.29, 1.82) is 0 Å². The highest BCUT2D eigenvalue weighted by Gasteiger charge is 2.61. The fourth-order valence-corrected chi connectivity index (χ4v) is 3.00. The van der Waals surface area contributed by atoms with Crippen LogP contribution in [0.15, 0.2) is 16.5 Å². The van der Waals surface area contributed by atoms with E-state index in [2.05, 4.69) is 5.32 Å². The fraction of sp³-hybridized carbons (Fsp3) is 0.688. The molecule has 1 aliphatic carbocycles. The van der Waals surface area contributed by atoms with Gasteiger partial charge in [0.1, 0.15) is 12.4 Å². The molecule has 1 amide bonds. The Balaban J connectivity index is 2.08. The van der Waals surface area contributed by atoms with Crippen LogP contribution in [-0.2, 0) is 16.1 Å². The van der Waals surface area contributed by atoms with Crippen molar-refractivity contribution in [3.8, 4) is 0 Å². The number of carbonyl (C=O) groups is 1. The predicted molar refractivity (Wildman–Crippen MR) is 80.5 cm³/mol. The van der Waals surface area contributed by atoms with Gasteiger partial charge < -0.3 is 24.3 Å². The second-order valence-electron chi connectivity index (χ2n) is 6.26. The molecule has 0 aliphatic heterocycles. The summed E-state index contributed by atoms with van der Waals surface area (Å²) in [4.78, 5) is 12.4. The minimum absolute atomic E-state index is 0.0191. The van der Waals surface area contributed by atoms with E-state index in [1.165, 1.54) is 0 Å². The first kappa shape index (κ1) is 17.0. The average molecular weight is 311 g/mol. The molecule has 0 saturated heterocycles. The van der Waals surface area contributed by atoms with Crippen molar-refractivity contribution >= 4 is 5.91 Å². The van der Waals surface area contributed by atoms with Gasteiger partial charge in [-0.2, -0.15) is 0 Å². The maximum Gasteiger partial charge on any atom is 0.287 e. The summed E-state index contributed by atoms with van der Waals surface area (Å²) in [5.74, 6) is 0.473. The number of methoxy groups -OCH3 is 1. The standard InChI is InChI=1S/C16H25NO5/c1-5-21-13-8-16(10-18,15(13,2)3)17-14(19)12-7-6-11(22-12)9-20-4/h6-7,13,18H,5,8-10H2,1-4H3,(H,17,19)/t13-,16+/m1/s1. The summed E-state index contributed by atoms with van der Waals surface area (Å²) >= 11 is 0. The van der Waals surface area contributed by atoms with Gasteiger partial charge in [0.2, 0.25) is 0 Å². The lowest BCUT2D eigenvalue weighted by Gasteiger charge is -2.60. The molecule has 0 radical (unpaired) electrons. The van der Waals surface area contributed by atoms with Crippen LogP contribution < -0.4 is 5.32 Å². The van der Waals surface area contributed by atoms with Gasteiger partial charge in [0, 0.05) is 25.6 Å². The fourth-order valence-electron chi connectivity index (χ4n) is 3.00. The molecule has 0 unspecified atom stereocenters. The van der Waals surface area contributed by atoms with Crippen LogP contribution in [0.5, 0.6) is 0 Å². The van der Waals surface area contributed by atoms with Gasteiger partial charge in [-0.1, -0.05) is 13.8 Å². The molecule has 1 fully saturated rings. The first-order valence-electron chi connectivity index (χ1n) is 7.53. The summed E-state index contributed by atoms with van der Waals surface area (Å²) in [6.07, 6.45) is 0.604. The number of amides is 1. The minimum Gasteiger partial charge on any atom is -0.453 e. The molecule has 6 nitrogen and oxygen atoms in total. The van der Waals surface area contributed by atoms with Gasteiger partial charge in [-0.15, -0.1) is 0 Å². The third kappa shape index (κ3) is 2.78. The summed E-state index contributed by atoms with van der Waals surface area (Å²) in [7, 11) is 1.56. The highest BCUT2D eigenvalue weighted by molar-refractivity contribution is 5.92. The molecule has 1 aromatic heterocycles. The second-order valence-corrected chi connectivity index (χ2v) is 6.26. The highest BCUT2D eigenvalue weighted by Crippen LogP contribution is 2.51. The van der Waals surface area contributed by atoms with E-state index in [1.54, 1.807) is 19.2 Å². The first-order chi connectivity index (χ1) is 10.4. The molecule has 124 valence electrons. The monoisotopic (exact) mass is 311 g/mol. The third-order valence-electron chi connectivity index (χ3n) is 4.73. The van der Waals surface area contributed by atoms with Gasteiger partial charge in [-0.25, -0.2) is 0 Å². The van der Waals surface area contributed by atoms with E-state index in [1.807, 2.05) is 20.8 Å². The molecule has 2 rings (SSSR count). The molecule has 0 spiro atoms. The number of ether oxygens (including phenoxy) is 2. The van der Waals surface area contributed by atoms with Crippen molar-refractivity contribution < 1.29 is 23.8 Å². The zero-order valence-electron chi connectivity index (χ0n) is 13.6. The number of rotatable bonds is 7. The number of carbonyl (C=O) groups excluding carboxylic acids is 1. The van der Waals surface area contributed by atoms with Crippen molar-refractivity contribution in [3.63, 3.8) is 0 Å².